The van der Waals surface area contributed by atoms with Gasteiger partial charge >= 0.3 is 11.9 Å². The van der Waals surface area contributed by atoms with Gasteiger partial charge in [-0.1, -0.05) is 18.2 Å². The zero-order valence-corrected chi connectivity index (χ0v) is 15.9. The van der Waals surface area contributed by atoms with E-state index in [1.54, 1.807) is 0 Å². The van der Waals surface area contributed by atoms with Crippen molar-refractivity contribution in [2.24, 2.45) is 13.0 Å². The van der Waals surface area contributed by atoms with Crippen LogP contribution in [0.1, 0.15) is 22.5 Å². The number of ketones is 1. The van der Waals surface area contributed by atoms with Gasteiger partial charge in [-0.05, 0) is 18.9 Å². The summed E-state index contributed by atoms with van der Waals surface area (Å²) >= 11 is 0. The first-order valence-corrected chi connectivity index (χ1v) is 9.08. The Bertz CT molecular complexity index is 1080. The van der Waals surface area contributed by atoms with Gasteiger partial charge in [-0.25, -0.2) is 14.6 Å². The number of hydrogen-bond donors (Lipinski definition) is 2. The van der Waals surface area contributed by atoms with Gasteiger partial charge in [0.2, 0.25) is 0 Å². The van der Waals surface area contributed by atoms with E-state index in [2.05, 4.69) is 15.6 Å². The zero-order chi connectivity index (χ0) is 21.0. The molecule has 0 fully saturated rings. The highest BCUT2D eigenvalue weighted by Gasteiger charge is 2.27. The van der Waals surface area contributed by atoms with Crippen LogP contribution in [-0.4, -0.2) is 42.1 Å². The fourth-order valence-electron chi connectivity index (χ4n) is 3.49. The first-order chi connectivity index (χ1) is 13.9. The Kier molecular flexibility index (Phi) is 5.92. The molecule has 3 heterocycles. The minimum atomic E-state index is -1.26. The molecule has 0 aliphatic carbocycles. The van der Waals surface area contributed by atoms with Crippen LogP contribution < -0.4 is 0 Å². The minimum absolute atomic E-state index is 0.0532. The Morgan fingerprint density at radius 2 is 1.83 bits per heavy atom. The molecule has 1 aliphatic rings. The Morgan fingerprint density at radius 3 is 2.52 bits per heavy atom. The zero-order valence-electron chi connectivity index (χ0n) is 15.9. The van der Waals surface area contributed by atoms with Crippen LogP contribution in [0.2, 0.25) is 0 Å². The van der Waals surface area contributed by atoms with Gasteiger partial charge < -0.3 is 19.3 Å². The molecule has 0 bridgehead atoms. The third kappa shape index (κ3) is 4.60. The van der Waals surface area contributed by atoms with Crippen LogP contribution in [-0.2, 0) is 29.6 Å². The molecular formula is C21H21N3O5. The van der Waals surface area contributed by atoms with Crippen LogP contribution in [0.5, 0.6) is 0 Å². The van der Waals surface area contributed by atoms with E-state index in [1.807, 2.05) is 48.5 Å². The molecule has 4 rings (SSSR count). The summed E-state index contributed by atoms with van der Waals surface area (Å²) in [4.78, 5) is 36.2. The summed E-state index contributed by atoms with van der Waals surface area (Å²) in [6.07, 6.45) is 8.66. The number of carbonyl (C=O) groups is 3. The summed E-state index contributed by atoms with van der Waals surface area (Å²) < 4.78 is 4.14. The van der Waals surface area contributed by atoms with Crippen molar-refractivity contribution in [3.05, 3.63) is 66.4 Å². The number of fused-ring (bicyclic) bond motifs is 2. The topological polar surface area (TPSA) is 114 Å². The number of carboxylic acids is 2. The average Bonchev–Trinajstić information content (AvgIpc) is 3.30. The highest BCUT2D eigenvalue weighted by molar-refractivity contribution is 6.09. The molecule has 1 atom stereocenters. The minimum Gasteiger partial charge on any atom is -0.478 e. The molecule has 8 heteroatoms. The van der Waals surface area contributed by atoms with Crippen LogP contribution in [0.3, 0.4) is 0 Å². The maximum Gasteiger partial charge on any atom is 0.328 e. The van der Waals surface area contributed by atoms with E-state index in [0.29, 0.717) is 12.2 Å². The molecule has 1 aliphatic heterocycles. The molecule has 0 saturated carbocycles. The second-order valence-electron chi connectivity index (χ2n) is 6.82. The number of aromatic nitrogens is 3. The fourth-order valence-corrected chi connectivity index (χ4v) is 3.49. The Labute approximate surface area is 166 Å². The lowest BCUT2D eigenvalue weighted by Gasteiger charge is -2.22. The van der Waals surface area contributed by atoms with Crippen molar-refractivity contribution in [2.75, 3.05) is 0 Å². The number of carbonyl (C=O) groups excluding carboxylic acids is 1. The van der Waals surface area contributed by atoms with Crippen molar-refractivity contribution in [1.29, 1.82) is 0 Å². The van der Waals surface area contributed by atoms with Crippen molar-refractivity contribution in [3.63, 3.8) is 0 Å². The predicted molar refractivity (Wildman–Crippen MR) is 106 cm³/mol. The van der Waals surface area contributed by atoms with Gasteiger partial charge in [-0.2, -0.15) is 0 Å². The number of Topliss-reactive ketones (excluding diaryl/α,β-unsaturated/α-hetero) is 1. The van der Waals surface area contributed by atoms with Crippen molar-refractivity contribution < 1.29 is 24.6 Å². The number of para-hydroxylation sites is 1. The molecule has 150 valence electrons. The molecule has 1 unspecified atom stereocenters. The van der Waals surface area contributed by atoms with Crippen LogP contribution >= 0.6 is 0 Å². The monoisotopic (exact) mass is 395 g/mol. The lowest BCUT2D eigenvalue weighted by molar-refractivity contribution is -0.134. The normalized spacial score (nSPS) is 15.6. The predicted octanol–water partition coefficient (Wildman–Crippen LogP) is 2.53. The molecule has 0 radical (unpaired) electrons. The van der Waals surface area contributed by atoms with Crippen molar-refractivity contribution in [2.45, 2.75) is 19.4 Å². The molecule has 29 heavy (non-hydrogen) atoms. The van der Waals surface area contributed by atoms with Crippen molar-refractivity contribution in [1.82, 2.24) is 14.1 Å². The van der Waals surface area contributed by atoms with E-state index in [1.165, 1.54) is 5.69 Å². The van der Waals surface area contributed by atoms with Gasteiger partial charge in [0, 0.05) is 66.2 Å². The third-order valence-corrected chi connectivity index (χ3v) is 4.87. The van der Waals surface area contributed by atoms with Crippen LogP contribution in [0, 0.1) is 5.92 Å². The Morgan fingerprint density at radius 1 is 1.14 bits per heavy atom. The number of carboxylic acid groups (broad SMARTS) is 2. The largest absolute Gasteiger partial charge is 0.478 e. The second kappa shape index (κ2) is 8.55. The van der Waals surface area contributed by atoms with E-state index in [9.17, 15) is 14.4 Å². The number of benzene rings is 1. The van der Waals surface area contributed by atoms with Gasteiger partial charge in [0.05, 0.1) is 6.33 Å². The number of rotatable bonds is 4. The maximum atomic E-state index is 12.9. The summed E-state index contributed by atoms with van der Waals surface area (Å²) in [6.45, 7) is 0.747. The Balaban J connectivity index is 0.000000258. The molecule has 8 nitrogen and oxygen atoms in total. The van der Waals surface area contributed by atoms with E-state index in [-0.39, 0.29) is 11.7 Å². The van der Waals surface area contributed by atoms with Gasteiger partial charge in [-0.3, -0.25) is 4.79 Å². The average molecular weight is 395 g/mol. The third-order valence-electron chi connectivity index (χ3n) is 4.87. The van der Waals surface area contributed by atoms with E-state index in [0.717, 1.165) is 35.9 Å². The first kappa shape index (κ1) is 20.1. The number of imidazole rings is 1. The molecule has 1 aromatic carbocycles. The van der Waals surface area contributed by atoms with E-state index < -0.39 is 11.9 Å². The van der Waals surface area contributed by atoms with Crippen LogP contribution in [0.4, 0.5) is 0 Å². The van der Waals surface area contributed by atoms with Gasteiger partial charge in [-0.15, -0.1) is 0 Å². The summed E-state index contributed by atoms with van der Waals surface area (Å²) in [7, 11) is 1.99. The molecule has 3 aromatic rings. The first-order valence-electron chi connectivity index (χ1n) is 9.08. The summed E-state index contributed by atoms with van der Waals surface area (Å²) in [5.74, 6) is -2.21. The van der Waals surface area contributed by atoms with Crippen LogP contribution in [0.25, 0.3) is 10.9 Å². The van der Waals surface area contributed by atoms with Gasteiger partial charge in [0.15, 0.2) is 5.78 Å². The standard InChI is InChI=1S/C17H17N3O.C4H4O4/c1-19-10-15(14-4-2-3-5-16(14)19)17(21)12-6-7-13-8-18-11-20(13)9-12;5-3(6)1-2-4(7)8/h2-5,8,10-12H,6-7,9H2,1H3;1-2H,(H,5,6)(H,7,8). The number of aliphatic carboxylic acids is 2. The lowest BCUT2D eigenvalue weighted by Crippen LogP contribution is -2.26. The molecular weight excluding hydrogens is 374 g/mol. The van der Waals surface area contributed by atoms with E-state index >= 15 is 0 Å². The molecule has 0 amide bonds. The summed E-state index contributed by atoms with van der Waals surface area (Å²) in [5, 5.41) is 16.7. The van der Waals surface area contributed by atoms with Gasteiger partial charge in [0.1, 0.15) is 0 Å². The van der Waals surface area contributed by atoms with Gasteiger partial charge in [0.25, 0.3) is 0 Å². The van der Waals surface area contributed by atoms with Crippen molar-refractivity contribution in [3.8, 4) is 0 Å². The summed E-state index contributed by atoms with van der Waals surface area (Å²) in [5.41, 5.74) is 3.19. The van der Waals surface area contributed by atoms with Crippen molar-refractivity contribution >= 4 is 28.6 Å². The molecule has 0 saturated heterocycles. The Hall–Kier alpha value is -3.68. The summed E-state index contributed by atoms with van der Waals surface area (Å²) in [6, 6.07) is 8.10. The highest BCUT2D eigenvalue weighted by atomic mass is 16.4. The molecule has 0 spiro atoms. The number of nitrogens with zero attached hydrogens (tertiary/aromatic N) is 3. The lowest BCUT2D eigenvalue weighted by atomic mass is 9.90. The fraction of sp³-hybridized carbons (Fsp3) is 0.238. The quantitative estimate of drug-likeness (QED) is 0.518. The smallest absolute Gasteiger partial charge is 0.328 e. The molecule has 2 N–H and O–H groups in total. The van der Waals surface area contributed by atoms with E-state index in [4.69, 9.17) is 10.2 Å². The number of hydrogen-bond acceptors (Lipinski definition) is 4. The maximum absolute atomic E-state index is 12.9. The highest BCUT2D eigenvalue weighted by Crippen LogP contribution is 2.27. The SMILES string of the molecule is Cn1cc(C(=O)C2CCc3cncn3C2)c2ccccc21.O=C(O)C=CC(=O)O. The van der Waals surface area contributed by atoms with Crippen LogP contribution in [0.15, 0.2) is 55.1 Å². The number of aryl methyl sites for hydroxylation is 2. The molecule has 2 aromatic heterocycles. The second-order valence-corrected chi connectivity index (χ2v) is 6.82.